The molecular weight excluding hydrogens is 475 g/mol. The third-order valence-corrected chi connectivity index (χ3v) is 6.11. The van der Waals surface area contributed by atoms with E-state index >= 15 is 0 Å². The third-order valence-electron chi connectivity index (χ3n) is 5.83. The molecule has 1 aliphatic rings. The predicted molar refractivity (Wildman–Crippen MR) is 127 cm³/mol. The van der Waals surface area contributed by atoms with Gasteiger partial charge in [0.2, 0.25) is 11.8 Å². The summed E-state index contributed by atoms with van der Waals surface area (Å²) in [5.74, 6) is -2.20. The normalized spacial score (nSPS) is 14.3. The topological polar surface area (TPSA) is 105 Å². The lowest BCUT2D eigenvalue weighted by molar-refractivity contribution is -0.126. The average molecular weight is 499 g/mol. The van der Waals surface area contributed by atoms with Gasteiger partial charge in [-0.3, -0.25) is 24.3 Å². The van der Waals surface area contributed by atoms with Crippen molar-refractivity contribution in [1.29, 1.82) is 0 Å². The molecule has 0 radical (unpaired) electrons. The second kappa shape index (κ2) is 11.1. The first-order chi connectivity index (χ1) is 16.9. The Kier molecular flexibility index (Phi) is 7.77. The van der Waals surface area contributed by atoms with E-state index in [1.807, 2.05) is 0 Å². The van der Waals surface area contributed by atoms with Gasteiger partial charge in [-0.05, 0) is 60.9 Å². The van der Waals surface area contributed by atoms with Crippen LogP contribution >= 0.6 is 11.6 Å². The minimum atomic E-state index is -1.10. The van der Waals surface area contributed by atoms with Crippen molar-refractivity contribution < 1.29 is 23.2 Å². The maximum atomic E-state index is 13.9. The number of rotatable bonds is 8. The smallest absolute Gasteiger partial charge is 0.287 e. The summed E-state index contributed by atoms with van der Waals surface area (Å²) in [7, 11) is 0. The fourth-order valence-corrected chi connectivity index (χ4v) is 4.30. The summed E-state index contributed by atoms with van der Waals surface area (Å²) >= 11 is 6.02. The van der Waals surface area contributed by atoms with Gasteiger partial charge >= 0.3 is 0 Å². The Morgan fingerprint density at radius 1 is 1.14 bits per heavy atom. The number of nitrogens with zero attached hydrogens (tertiary/aromatic N) is 2. The van der Waals surface area contributed by atoms with Crippen molar-refractivity contribution in [1.82, 2.24) is 15.6 Å². The van der Waals surface area contributed by atoms with Gasteiger partial charge in [0.25, 0.3) is 5.91 Å². The van der Waals surface area contributed by atoms with Crippen LogP contribution in [0, 0.1) is 5.82 Å². The van der Waals surface area contributed by atoms with Crippen molar-refractivity contribution >= 4 is 35.0 Å². The predicted octanol–water partition coefficient (Wildman–Crippen LogP) is 4.03. The van der Waals surface area contributed by atoms with Crippen LogP contribution in [0.1, 0.15) is 47.8 Å². The van der Waals surface area contributed by atoms with Gasteiger partial charge in [0.1, 0.15) is 11.9 Å². The highest BCUT2D eigenvalue weighted by Gasteiger charge is 2.34. The van der Waals surface area contributed by atoms with Crippen LogP contribution in [0.4, 0.5) is 10.1 Å². The first kappa shape index (κ1) is 24.4. The Balaban J connectivity index is 1.69. The summed E-state index contributed by atoms with van der Waals surface area (Å²) in [6.07, 6.45) is 8.11. The molecule has 1 aliphatic carbocycles. The zero-order chi connectivity index (χ0) is 24.8. The fourth-order valence-electron chi connectivity index (χ4n) is 4.12. The molecule has 0 aliphatic heterocycles. The lowest BCUT2D eigenvalue weighted by atomic mass is 10.0. The van der Waals surface area contributed by atoms with Gasteiger partial charge in [-0.15, -0.1) is 0 Å². The number of hydrogen-bond donors (Lipinski definition) is 2. The summed E-state index contributed by atoms with van der Waals surface area (Å²) in [4.78, 5) is 44.6. The van der Waals surface area contributed by atoms with Crippen LogP contribution in [0.5, 0.6) is 0 Å². The Morgan fingerprint density at radius 2 is 1.89 bits per heavy atom. The van der Waals surface area contributed by atoms with Crippen LogP contribution in [-0.2, 0) is 9.59 Å². The second-order valence-corrected chi connectivity index (χ2v) is 8.60. The molecule has 1 aromatic carbocycles. The number of pyridine rings is 1. The Morgan fingerprint density at radius 3 is 2.54 bits per heavy atom. The van der Waals surface area contributed by atoms with Gasteiger partial charge in [-0.25, -0.2) is 4.39 Å². The van der Waals surface area contributed by atoms with Crippen molar-refractivity contribution in [3.63, 3.8) is 0 Å². The summed E-state index contributed by atoms with van der Waals surface area (Å²) in [6.45, 7) is -0.438. The number of carbonyl (C=O) groups excluding carboxylic acids is 3. The molecule has 8 nitrogen and oxygen atoms in total. The van der Waals surface area contributed by atoms with E-state index in [0.717, 1.165) is 31.7 Å². The molecule has 1 fully saturated rings. The second-order valence-electron chi connectivity index (χ2n) is 8.20. The minimum absolute atomic E-state index is 0.000694. The van der Waals surface area contributed by atoms with Crippen molar-refractivity contribution in [2.24, 2.45) is 0 Å². The van der Waals surface area contributed by atoms with Crippen LogP contribution in [0.25, 0.3) is 0 Å². The number of hydrogen-bond acceptors (Lipinski definition) is 5. The van der Waals surface area contributed by atoms with Crippen LogP contribution in [-0.4, -0.2) is 35.3 Å². The molecule has 0 unspecified atom stereocenters. The van der Waals surface area contributed by atoms with Crippen LogP contribution < -0.4 is 15.5 Å². The number of carbonyl (C=O) groups is 3. The lowest BCUT2D eigenvalue weighted by Gasteiger charge is -2.32. The standard InChI is InChI=1S/C25H24ClFN4O4/c26-19-14-18(7-8-20(19)27)31(22(32)15-29-24(33)21-6-3-13-35-21)23(16-9-11-28-12-10-16)25(34)30-17-4-1-2-5-17/h3,6-14,17,23H,1-2,4-5,15H2,(H,29,33)(H,30,34)/t23-/m1/s1. The van der Waals surface area contributed by atoms with Gasteiger partial charge in [0.15, 0.2) is 5.76 Å². The largest absolute Gasteiger partial charge is 0.459 e. The number of halogens is 2. The third kappa shape index (κ3) is 5.86. The van der Waals surface area contributed by atoms with E-state index in [0.29, 0.717) is 5.56 Å². The van der Waals surface area contributed by atoms with E-state index < -0.39 is 36.1 Å². The number of nitrogens with one attached hydrogen (secondary N) is 2. The monoisotopic (exact) mass is 498 g/mol. The Bertz CT molecular complexity index is 1180. The Hall–Kier alpha value is -3.72. The van der Waals surface area contributed by atoms with E-state index in [1.54, 1.807) is 18.2 Å². The van der Waals surface area contributed by atoms with Crippen LogP contribution in [0.3, 0.4) is 0 Å². The zero-order valence-electron chi connectivity index (χ0n) is 18.7. The quantitative estimate of drug-likeness (QED) is 0.488. The molecule has 3 amide bonds. The van der Waals surface area contributed by atoms with Gasteiger partial charge in [0.05, 0.1) is 17.8 Å². The molecule has 4 rings (SSSR count). The number of anilines is 1. The van der Waals surface area contributed by atoms with Crippen molar-refractivity contribution in [2.75, 3.05) is 11.4 Å². The SMILES string of the molecule is O=C(NCC(=O)N(c1ccc(F)c(Cl)c1)[C@@H](C(=O)NC1CCCC1)c1ccncc1)c1ccco1. The van der Waals surface area contributed by atoms with Crippen molar-refractivity contribution in [3.8, 4) is 0 Å². The molecule has 0 spiro atoms. The molecule has 3 aromatic rings. The zero-order valence-corrected chi connectivity index (χ0v) is 19.5. The summed E-state index contributed by atoms with van der Waals surface area (Å²) in [6, 6.07) is 8.94. The van der Waals surface area contributed by atoms with Crippen LogP contribution in [0.15, 0.2) is 65.5 Å². The van der Waals surface area contributed by atoms with E-state index in [2.05, 4.69) is 15.6 Å². The maximum Gasteiger partial charge on any atom is 0.287 e. The summed E-state index contributed by atoms with van der Waals surface area (Å²) in [5.41, 5.74) is 0.707. The molecule has 2 aromatic heterocycles. The highest BCUT2D eigenvalue weighted by Crippen LogP contribution is 2.31. The summed E-state index contributed by atoms with van der Waals surface area (Å²) in [5, 5.41) is 5.33. The lowest BCUT2D eigenvalue weighted by Crippen LogP contribution is -2.49. The first-order valence-corrected chi connectivity index (χ1v) is 11.6. The van der Waals surface area contributed by atoms with E-state index in [4.69, 9.17) is 16.0 Å². The molecule has 10 heteroatoms. The number of furan rings is 1. The van der Waals surface area contributed by atoms with Gasteiger partial charge in [-0.2, -0.15) is 0 Å². The van der Waals surface area contributed by atoms with Crippen molar-refractivity contribution in [2.45, 2.75) is 37.8 Å². The minimum Gasteiger partial charge on any atom is -0.459 e. The molecule has 1 saturated carbocycles. The van der Waals surface area contributed by atoms with E-state index in [9.17, 15) is 18.8 Å². The molecule has 2 N–H and O–H groups in total. The maximum absolute atomic E-state index is 13.9. The van der Waals surface area contributed by atoms with Crippen LogP contribution in [0.2, 0.25) is 5.02 Å². The molecule has 1 atom stereocenters. The van der Waals surface area contributed by atoms with Gasteiger partial charge in [-0.1, -0.05) is 24.4 Å². The Labute approximate surface area is 206 Å². The molecule has 35 heavy (non-hydrogen) atoms. The fraction of sp³-hybridized carbons (Fsp3) is 0.280. The molecule has 0 bridgehead atoms. The number of benzene rings is 1. The highest BCUT2D eigenvalue weighted by molar-refractivity contribution is 6.31. The molecule has 0 saturated heterocycles. The van der Waals surface area contributed by atoms with E-state index in [-0.39, 0.29) is 22.5 Å². The number of amides is 3. The summed E-state index contributed by atoms with van der Waals surface area (Å²) < 4.78 is 19.0. The highest BCUT2D eigenvalue weighted by atomic mass is 35.5. The van der Waals surface area contributed by atoms with Crippen molar-refractivity contribution in [3.05, 3.63) is 83.3 Å². The molecule has 2 heterocycles. The van der Waals surface area contributed by atoms with Gasteiger partial charge < -0.3 is 15.1 Å². The van der Waals surface area contributed by atoms with E-state index in [1.165, 1.54) is 41.8 Å². The average Bonchev–Trinajstić information content (AvgIpc) is 3.58. The molecular formula is C25H24ClFN4O4. The number of aromatic nitrogens is 1. The molecule has 182 valence electrons. The van der Waals surface area contributed by atoms with Gasteiger partial charge in [0, 0.05) is 24.1 Å². The first-order valence-electron chi connectivity index (χ1n) is 11.2.